The number of carbonyl (C=O) groups excluding carboxylic acids is 1. The SMILES string of the molecule is CC(=O)OC1(CCCC(C)C)OCCc2c1[nH]c1c(Cl)ccc(Cl)c21. The third kappa shape index (κ3) is 3.53. The maximum Gasteiger partial charge on any atom is 0.305 e. The zero-order valence-electron chi connectivity index (χ0n) is 14.7. The summed E-state index contributed by atoms with van der Waals surface area (Å²) in [5.41, 5.74) is 2.56. The fraction of sp³-hybridized carbons (Fsp3) is 0.526. The summed E-state index contributed by atoms with van der Waals surface area (Å²) >= 11 is 12.8. The molecule has 4 nitrogen and oxygen atoms in total. The summed E-state index contributed by atoms with van der Waals surface area (Å²) in [7, 11) is 0. The van der Waals surface area contributed by atoms with Gasteiger partial charge in [-0.2, -0.15) is 0 Å². The number of esters is 1. The highest BCUT2D eigenvalue weighted by Crippen LogP contribution is 2.44. The summed E-state index contributed by atoms with van der Waals surface area (Å²) in [5.74, 6) is -0.891. The first kappa shape index (κ1) is 18.6. The van der Waals surface area contributed by atoms with Crippen LogP contribution in [0.15, 0.2) is 12.1 Å². The van der Waals surface area contributed by atoms with Gasteiger partial charge in [-0.1, -0.05) is 43.5 Å². The van der Waals surface area contributed by atoms with Gasteiger partial charge in [-0.05, 0) is 36.5 Å². The molecule has 1 aromatic carbocycles. The first-order valence-electron chi connectivity index (χ1n) is 8.66. The number of carbonyl (C=O) groups is 1. The van der Waals surface area contributed by atoms with Crippen molar-refractivity contribution in [2.75, 3.05) is 6.61 Å². The molecule has 1 atom stereocenters. The van der Waals surface area contributed by atoms with Gasteiger partial charge in [-0.15, -0.1) is 0 Å². The van der Waals surface area contributed by atoms with Crippen LogP contribution in [0.2, 0.25) is 10.0 Å². The van der Waals surface area contributed by atoms with Crippen molar-refractivity contribution in [3.63, 3.8) is 0 Å². The minimum Gasteiger partial charge on any atom is -0.427 e. The Hall–Kier alpha value is -1.23. The lowest BCUT2D eigenvalue weighted by Crippen LogP contribution is -2.39. The van der Waals surface area contributed by atoms with Crippen LogP contribution < -0.4 is 0 Å². The van der Waals surface area contributed by atoms with Gasteiger partial charge >= 0.3 is 5.97 Å². The van der Waals surface area contributed by atoms with E-state index in [-0.39, 0.29) is 5.97 Å². The van der Waals surface area contributed by atoms with Crippen LogP contribution in [-0.4, -0.2) is 17.6 Å². The quantitative estimate of drug-likeness (QED) is 0.684. The molecule has 0 amide bonds. The third-order valence-electron chi connectivity index (χ3n) is 4.62. The lowest BCUT2D eigenvalue weighted by atomic mass is 9.94. The molecular formula is C19H23Cl2NO3. The molecule has 0 spiro atoms. The van der Waals surface area contributed by atoms with Gasteiger partial charge in [0.2, 0.25) is 0 Å². The molecule has 2 heterocycles. The van der Waals surface area contributed by atoms with Crippen LogP contribution in [0.1, 0.15) is 51.3 Å². The lowest BCUT2D eigenvalue weighted by molar-refractivity contribution is -0.248. The highest BCUT2D eigenvalue weighted by atomic mass is 35.5. The molecule has 3 rings (SSSR count). The fourth-order valence-corrected chi connectivity index (χ4v) is 4.04. The smallest absolute Gasteiger partial charge is 0.305 e. The number of ether oxygens (including phenoxy) is 2. The van der Waals surface area contributed by atoms with Gasteiger partial charge in [0.15, 0.2) is 0 Å². The van der Waals surface area contributed by atoms with Crippen LogP contribution in [0.25, 0.3) is 10.9 Å². The van der Waals surface area contributed by atoms with E-state index >= 15 is 0 Å². The zero-order chi connectivity index (χ0) is 18.2. The maximum atomic E-state index is 11.8. The van der Waals surface area contributed by atoms with E-state index in [1.165, 1.54) is 6.92 Å². The zero-order valence-corrected chi connectivity index (χ0v) is 16.3. The Morgan fingerprint density at radius 1 is 1.36 bits per heavy atom. The van der Waals surface area contributed by atoms with Crippen molar-refractivity contribution in [2.24, 2.45) is 5.92 Å². The Bertz CT molecular complexity index is 800. The number of aromatic amines is 1. The van der Waals surface area contributed by atoms with Crippen molar-refractivity contribution < 1.29 is 14.3 Å². The molecule has 2 aromatic rings. The fourth-order valence-electron chi connectivity index (χ4n) is 3.56. The number of hydrogen-bond acceptors (Lipinski definition) is 3. The Morgan fingerprint density at radius 2 is 2.08 bits per heavy atom. The molecule has 6 heteroatoms. The molecule has 25 heavy (non-hydrogen) atoms. The number of nitrogens with one attached hydrogen (secondary N) is 1. The molecule has 0 saturated carbocycles. The van der Waals surface area contributed by atoms with E-state index in [4.69, 9.17) is 32.7 Å². The first-order chi connectivity index (χ1) is 11.8. The van der Waals surface area contributed by atoms with E-state index in [1.54, 1.807) is 12.1 Å². The number of aromatic nitrogens is 1. The molecular weight excluding hydrogens is 361 g/mol. The van der Waals surface area contributed by atoms with Gasteiger partial charge in [0, 0.05) is 18.7 Å². The van der Waals surface area contributed by atoms with Gasteiger partial charge in [0.25, 0.3) is 5.79 Å². The third-order valence-corrected chi connectivity index (χ3v) is 5.25. The molecule has 1 aromatic heterocycles. The number of benzene rings is 1. The second-order valence-corrected chi connectivity index (χ2v) is 7.80. The monoisotopic (exact) mass is 383 g/mol. The Morgan fingerprint density at radius 3 is 2.76 bits per heavy atom. The molecule has 136 valence electrons. The van der Waals surface area contributed by atoms with Gasteiger partial charge < -0.3 is 14.5 Å². The van der Waals surface area contributed by atoms with Gasteiger partial charge in [0.1, 0.15) is 0 Å². The first-order valence-corrected chi connectivity index (χ1v) is 9.42. The van der Waals surface area contributed by atoms with Crippen LogP contribution >= 0.6 is 23.2 Å². The lowest BCUT2D eigenvalue weighted by Gasteiger charge is -2.36. The van der Waals surface area contributed by atoms with Crippen LogP contribution in [0.4, 0.5) is 0 Å². The van der Waals surface area contributed by atoms with Crippen molar-refractivity contribution in [1.29, 1.82) is 0 Å². The van der Waals surface area contributed by atoms with Crippen molar-refractivity contribution in [2.45, 2.75) is 52.2 Å². The molecule has 1 aliphatic heterocycles. The molecule has 0 fully saturated rings. The predicted molar refractivity (Wildman–Crippen MR) is 100 cm³/mol. The van der Waals surface area contributed by atoms with E-state index in [1.807, 2.05) is 0 Å². The molecule has 0 aliphatic carbocycles. The second-order valence-electron chi connectivity index (χ2n) is 6.99. The van der Waals surface area contributed by atoms with Crippen LogP contribution in [0.5, 0.6) is 0 Å². The molecule has 1 N–H and O–H groups in total. The van der Waals surface area contributed by atoms with Crippen molar-refractivity contribution in [3.05, 3.63) is 33.4 Å². The number of halogens is 2. The van der Waals surface area contributed by atoms with Crippen LogP contribution in [0.3, 0.4) is 0 Å². The standard InChI is InChI=1S/C19H23Cl2NO3/c1-11(2)5-4-9-19(25-12(3)23)18-13(8-10-24-19)16-14(20)6-7-15(21)17(16)22-18/h6-7,11,22H,4-5,8-10H2,1-3H3. The highest BCUT2D eigenvalue weighted by Gasteiger charge is 2.43. The molecule has 1 aliphatic rings. The van der Waals surface area contributed by atoms with E-state index in [2.05, 4.69) is 18.8 Å². The van der Waals surface area contributed by atoms with E-state index in [0.29, 0.717) is 35.4 Å². The Balaban J connectivity index is 2.11. The molecule has 0 bridgehead atoms. The van der Waals surface area contributed by atoms with Gasteiger partial charge in [0.05, 0.1) is 27.9 Å². The van der Waals surface area contributed by atoms with Crippen molar-refractivity contribution in [1.82, 2.24) is 4.98 Å². The van der Waals surface area contributed by atoms with Crippen molar-refractivity contribution >= 4 is 40.1 Å². The van der Waals surface area contributed by atoms with Crippen LogP contribution in [0, 0.1) is 5.92 Å². The Labute approximate surface area is 157 Å². The largest absolute Gasteiger partial charge is 0.427 e. The summed E-state index contributed by atoms with van der Waals surface area (Å²) in [6.07, 6.45) is 3.22. The van der Waals surface area contributed by atoms with Gasteiger partial charge in [-0.3, -0.25) is 4.79 Å². The molecule has 1 unspecified atom stereocenters. The number of rotatable bonds is 5. The van der Waals surface area contributed by atoms with E-state index < -0.39 is 5.79 Å². The van der Waals surface area contributed by atoms with E-state index in [0.717, 1.165) is 35.0 Å². The summed E-state index contributed by atoms with van der Waals surface area (Å²) in [4.78, 5) is 15.1. The predicted octanol–water partition coefficient (Wildman–Crippen LogP) is 5.59. The van der Waals surface area contributed by atoms with E-state index in [9.17, 15) is 4.79 Å². The summed E-state index contributed by atoms with van der Waals surface area (Å²) in [6.45, 7) is 6.23. The normalized spacial score (nSPS) is 20.1. The summed E-state index contributed by atoms with van der Waals surface area (Å²) in [6, 6.07) is 3.56. The molecule has 0 saturated heterocycles. The summed E-state index contributed by atoms with van der Waals surface area (Å²) < 4.78 is 11.8. The number of H-pyrrole nitrogens is 1. The Kier molecular flexibility index (Phi) is 5.33. The van der Waals surface area contributed by atoms with Gasteiger partial charge in [-0.25, -0.2) is 0 Å². The topological polar surface area (TPSA) is 51.3 Å². The van der Waals surface area contributed by atoms with Crippen molar-refractivity contribution in [3.8, 4) is 0 Å². The minimum atomic E-state index is -1.10. The minimum absolute atomic E-state index is 0.367. The highest BCUT2D eigenvalue weighted by molar-refractivity contribution is 6.40. The number of hydrogen-bond donors (Lipinski definition) is 1. The maximum absolute atomic E-state index is 11.8. The van der Waals surface area contributed by atoms with Crippen LogP contribution in [-0.2, 0) is 26.5 Å². The average Bonchev–Trinajstić information content (AvgIpc) is 2.92. The number of fused-ring (bicyclic) bond motifs is 3. The second kappa shape index (κ2) is 7.18. The molecule has 0 radical (unpaired) electrons. The summed E-state index contributed by atoms with van der Waals surface area (Å²) in [5, 5.41) is 2.12. The average molecular weight is 384 g/mol.